The highest BCUT2D eigenvalue weighted by Crippen LogP contribution is 2.37. The first-order valence-corrected chi connectivity index (χ1v) is 11.2. The van der Waals surface area contributed by atoms with Crippen LogP contribution in [-0.2, 0) is 22.4 Å². The van der Waals surface area contributed by atoms with E-state index in [1.54, 1.807) is 6.07 Å². The van der Waals surface area contributed by atoms with Crippen molar-refractivity contribution in [1.82, 2.24) is 4.98 Å². The number of nitrogens with one attached hydrogen (secondary N) is 1. The lowest BCUT2D eigenvalue weighted by Crippen LogP contribution is -2.21. The van der Waals surface area contributed by atoms with Crippen LogP contribution in [0.25, 0.3) is 10.9 Å². The van der Waals surface area contributed by atoms with Crippen LogP contribution < -0.4 is 5.32 Å². The molecule has 31 heavy (non-hydrogen) atoms. The molecule has 7 heteroatoms. The van der Waals surface area contributed by atoms with Gasteiger partial charge >= 0.3 is 5.97 Å². The number of nitrogens with zero attached hydrogens (tertiary/aromatic N) is 2. The molecule has 0 fully saturated rings. The predicted octanol–water partition coefficient (Wildman–Crippen LogP) is 4.85. The number of thiophene rings is 1. The van der Waals surface area contributed by atoms with Crippen molar-refractivity contribution in [2.24, 2.45) is 0 Å². The third-order valence-corrected chi connectivity index (χ3v) is 6.64. The Morgan fingerprint density at radius 3 is 2.81 bits per heavy atom. The summed E-state index contributed by atoms with van der Waals surface area (Å²) in [5.74, 6) is -1.02. The second-order valence-corrected chi connectivity index (χ2v) is 8.94. The van der Waals surface area contributed by atoms with Gasteiger partial charge in [0.1, 0.15) is 11.1 Å². The minimum absolute atomic E-state index is 0.388. The largest absolute Gasteiger partial charge is 0.452 e. The van der Waals surface area contributed by atoms with Crippen LogP contribution in [-0.4, -0.2) is 23.5 Å². The molecule has 0 unspecified atom stereocenters. The van der Waals surface area contributed by atoms with Crippen molar-refractivity contribution < 1.29 is 14.3 Å². The Balaban J connectivity index is 1.48. The van der Waals surface area contributed by atoms with Crippen LogP contribution in [0.2, 0.25) is 0 Å². The zero-order chi connectivity index (χ0) is 22.0. The van der Waals surface area contributed by atoms with Crippen LogP contribution in [0, 0.1) is 25.2 Å². The Kier molecular flexibility index (Phi) is 6.01. The number of pyridine rings is 1. The van der Waals surface area contributed by atoms with Gasteiger partial charge < -0.3 is 10.1 Å². The minimum atomic E-state index is -0.571. The molecular weight excluding hydrogens is 410 g/mol. The Bertz CT molecular complexity index is 1220. The van der Waals surface area contributed by atoms with Crippen molar-refractivity contribution in [2.45, 2.75) is 46.0 Å². The lowest BCUT2D eigenvalue weighted by Gasteiger charge is -2.09. The molecule has 2 aromatic heterocycles. The fourth-order valence-electron chi connectivity index (χ4n) is 3.96. The lowest BCUT2D eigenvalue weighted by atomic mass is 10.1. The van der Waals surface area contributed by atoms with E-state index in [-0.39, 0.29) is 0 Å². The quantitative estimate of drug-likeness (QED) is 0.469. The number of amides is 1. The fraction of sp³-hybridized carbons (Fsp3) is 0.333. The molecule has 1 N–H and O–H groups in total. The van der Waals surface area contributed by atoms with Crippen molar-refractivity contribution in [3.8, 4) is 6.07 Å². The number of carbonyl (C=O) groups excluding carboxylic acids is 2. The van der Waals surface area contributed by atoms with Crippen LogP contribution in [0.5, 0.6) is 0 Å². The molecule has 4 rings (SSSR count). The summed E-state index contributed by atoms with van der Waals surface area (Å²) >= 11 is 1.46. The maximum atomic E-state index is 12.7. The second-order valence-electron chi connectivity index (χ2n) is 7.84. The summed E-state index contributed by atoms with van der Waals surface area (Å²) in [6, 6.07) is 9.60. The van der Waals surface area contributed by atoms with E-state index in [0.717, 1.165) is 43.2 Å². The van der Waals surface area contributed by atoms with E-state index in [4.69, 9.17) is 4.74 Å². The minimum Gasteiger partial charge on any atom is -0.452 e. The molecule has 3 aromatic rings. The molecule has 0 aliphatic heterocycles. The van der Waals surface area contributed by atoms with Gasteiger partial charge in [0.2, 0.25) is 0 Å². The number of benzene rings is 1. The van der Waals surface area contributed by atoms with Crippen molar-refractivity contribution in [3.05, 3.63) is 57.1 Å². The number of fused-ring (bicyclic) bond motifs is 2. The molecular formula is C24H23N3O3S. The maximum Gasteiger partial charge on any atom is 0.339 e. The first kappa shape index (κ1) is 21.0. The number of hydrogen-bond acceptors (Lipinski definition) is 6. The molecule has 158 valence electrons. The second kappa shape index (κ2) is 8.86. The van der Waals surface area contributed by atoms with Crippen molar-refractivity contribution in [1.29, 1.82) is 5.26 Å². The summed E-state index contributed by atoms with van der Waals surface area (Å²) in [7, 11) is 0. The number of nitriles is 1. The predicted molar refractivity (Wildman–Crippen MR) is 120 cm³/mol. The van der Waals surface area contributed by atoms with Gasteiger partial charge in [0, 0.05) is 16.0 Å². The molecule has 0 bridgehead atoms. The fourth-order valence-corrected chi connectivity index (χ4v) is 5.22. The van der Waals surface area contributed by atoms with Gasteiger partial charge in [-0.15, -0.1) is 11.3 Å². The number of esters is 1. The van der Waals surface area contributed by atoms with Crippen LogP contribution in [0.4, 0.5) is 5.00 Å². The van der Waals surface area contributed by atoms with Gasteiger partial charge in [-0.25, -0.2) is 4.79 Å². The average molecular weight is 434 g/mol. The Morgan fingerprint density at radius 1 is 1.19 bits per heavy atom. The highest BCUT2D eigenvalue weighted by Gasteiger charge is 2.22. The smallest absolute Gasteiger partial charge is 0.339 e. The SMILES string of the molecule is Cc1ccc2nc(C)cc(C(=O)OCC(=O)Nc3sc4c(c3C#N)CCCCC4)c2c1. The normalized spacial score (nSPS) is 13.2. The van der Waals surface area contributed by atoms with Gasteiger partial charge in [-0.05, 0) is 63.3 Å². The Hall–Kier alpha value is -3.24. The molecule has 1 amide bonds. The number of aryl methyl sites for hydroxylation is 3. The summed E-state index contributed by atoms with van der Waals surface area (Å²) in [5, 5.41) is 13.6. The molecule has 0 saturated heterocycles. The van der Waals surface area contributed by atoms with E-state index >= 15 is 0 Å². The number of anilines is 1. The summed E-state index contributed by atoms with van der Waals surface area (Å²) in [6.07, 6.45) is 5.12. The standard InChI is InChI=1S/C24H23N3O3S/c1-14-8-9-20-17(10-14)18(11-15(2)26-20)24(29)30-13-22(28)27-23-19(12-25)16-6-4-3-5-7-21(16)31-23/h8-11H,3-7,13H2,1-2H3,(H,27,28). The monoisotopic (exact) mass is 433 g/mol. The van der Waals surface area contributed by atoms with E-state index in [1.165, 1.54) is 16.2 Å². The number of aromatic nitrogens is 1. The molecule has 0 spiro atoms. The summed E-state index contributed by atoms with van der Waals surface area (Å²) in [6.45, 7) is 3.34. The Labute approximate surface area is 184 Å². The molecule has 1 aromatic carbocycles. The highest BCUT2D eigenvalue weighted by atomic mass is 32.1. The molecule has 0 radical (unpaired) electrons. The van der Waals surface area contributed by atoms with E-state index in [1.807, 2.05) is 32.0 Å². The molecule has 0 atom stereocenters. The van der Waals surface area contributed by atoms with Gasteiger partial charge in [-0.3, -0.25) is 9.78 Å². The third kappa shape index (κ3) is 4.44. The van der Waals surface area contributed by atoms with Crippen LogP contribution in [0.3, 0.4) is 0 Å². The number of hydrogen-bond donors (Lipinski definition) is 1. The van der Waals surface area contributed by atoms with Crippen molar-refractivity contribution in [3.63, 3.8) is 0 Å². The van der Waals surface area contributed by atoms with Gasteiger partial charge in [0.15, 0.2) is 6.61 Å². The molecule has 0 saturated carbocycles. The van der Waals surface area contributed by atoms with Crippen LogP contribution in [0.1, 0.15) is 56.9 Å². The number of carbonyl (C=O) groups is 2. The van der Waals surface area contributed by atoms with Crippen LogP contribution in [0.15, 0.2) is 24.3 Å². The Morgan fingerprint density at radius 2 is 2.00 bits per heavy atom. The zero-order valence-electron chi connectivity index (χ0n) is 17.6. The topological polar surface area (TPSA) is 92.1 Å². The van der Waals surface area contributed by atoms with Crippen LogP contribution >= 0.6 is 11.3 Å². The van der Waals surface area contributed by atoms with E-state index < -0.39 is 18.5 Å². The van der Waals surface area contributed by atoms with Gasteiger partial charge in [0.05, 0.1) is 16.6 Å². The summed E-state index contributed by atoms with van der Waals surface area (Å²) in [4.78, 5) is 30.8. The van der Waals surface area contributed by atoms with Gasteiger partial charge in [-0.2, -0.15) is 5.26 Å². The zero-order valence-corrected chi connectivity index (χ0v) is 18.4. The van der Waals surface area contributed by atoms with Crippen molar-refractivity contribution in [2.75, 3.05) is 11.9 Å². The third-order valence-electron chi connectivity index (χ3n) is 5.43. The summed E-state index contributed by atoms with van der Waals surface area (Å²) < 4.78 is 5.30. The highest BCUT2D eigenvalue weighted by molar-refractivity contribution is 7.16. The molecule has 2 heterocycles. The summed E-state index contributed by atoms with van der Waals surface area (Å²) in [5.41, 5.74) is 4.41. The lowest BCUT2D eigenvalue weighted by molar-refractivity contribution is -0.119. The molecule has 1 aliphatic carbocycles. The molecule has 6 nitrogen and oxygen atoms in total. The van der Waals surface area contributed by atoms with E-state index in [9.17, 15) is 14.9 Å². The molecule has 1 aliphatic rings. The average Bonchev–Trinajstić information content (AvgIpc) is 2.90. The number of ether oxygens (including phenoxy) is 1. The first-order valence-electron chi connectivity index (χ1n) is 10.4. The van der Waals surface area contributed by atoms with E-state index in [0.29, 0.717) is 32.7 Å². The maximum absolute atomic E-state index is 12.7. The van der Waals surface area contributed by atoms with Crippen molar-refractivity contribution >= 4 is 39.1 Å². The number of rotatable bonds is 4. The first-order chi connectivity index (χ1) is 15.0. The van der Waals surface area contributed by atoms with E-state index in [2.05, 4.69) is 16.4 Å². The van der Waals surface area contributed by atoms with Gasteiger partial charge in [0.25, 0.3) is 5.91 Å². The van der Waals surface area contributed by atoms with Gasteiger partial charge in [-0.1, -0.05) is 18.1 Å².